The molecule has 142 valence electrons. The molecule has 2 heterocycles. The lowest BCUT2D eigenvalue weighted by Gasteiger charge is -2.35. The van der Waals surface area contributed by atoms with Crippen LogP contribution in [-0.4, -0.2) is 52.8 Å². The molecule has 2 aromatic rings. The number of halogens is 2. The van der Waals surface area contributed by atoms with Crippen LogP contribution in [0.25, 0.3) is 0 Å². The van der Waals surface area contributed by atoms with Crippen molar-refractivity contribution < 1.29 is 14.0 Å². The number of rotatable bonds is 5. The summed E-state index contributed by atoms with van der Waals surface area (Å²) < 4.78 is 14.5. The number of nitrogens with zero attached hydrogens (tertiary/aromatic N) is 3. The highest BCUT2D eigenvalue weighted by molar-refractivity contribution is 9.10. The number of pyridine rings is 1. The van der Waals surface area contributed by atoms with Gasteiger partial charge in [0, 0.05) is 49.0 Å². The summed E-state index contributed by atoms with van der Waals surface area (Å²) in [6.07, 6.45) is 2.59. The molecule has 0 saturated carbocycles. The van der Waals surface area contributed by atoms with Crippen molar-refractivity contribution in [3.8, 4) is 0 Å². The highest BCUT2D eigenvalue weighted by atomic mass is 79.9. The lowest BCUT2D eigenvalue weighted by Crippen LogP contribution is -2.51. The van der Waals surface area contributed by atoms with Crippen LogP contribution >= 0.6 is 15.9 Å². The average Bonchev–Trinajstić information content (AvgIpc) is 2.68. The molecule has 27 heavy (non-hydrogen) atoms. The molecule has 0 N–H and O–H groups in total. The molecule has 0 bridgehead atoms. The summed E-state index contributed by atoms with van der Waals surface area (Å²) in [6, 6.07) is 10.4. The highest BCUT2D eigenvalue weighted by Gasteiger charge is 2.24. The molecule has 1 fully saturated rings. The molecule has 1 saturated heterocycles. The molecule has 0 aliphatic carbocycles. The van der Waals surface area contributed by atoms with Crippen molar-refractivity contribution in [2.24, 2.45) is 0 Å². The lowest BCUT2D eigenvalue weighted by molar-refractivity contribution is -0.139. The molecule has 1 aromatic carbocycles. The second-order valence-electron chi connectivity index (χ2n) is 6.50. The Hall–Kier alpha value is -2.28. The Labute approximate surface area is 166 Å². The molecule has 0 radical (unpaired) electrons. The van der Waals surface area contributed by atoms with E-state index in [1.54, 1.807) is 28.1 Å². The fourth-order valence-corrected chi connectivity index (χ4v) is 3.43. The number of hydrogen-bond acceptors (Lipinski definition) is 3. The Bertz CT molecular complexity index is 808. The molecule has 1 aliphatic heterocycles. The predicted molar refractivity (Wildman–Crippen MR) is 104 cm³/mol. The van der Waals surface area contributed by atoms with Gasteiger partial charge >= 0.3 is 0 Å². The fraction of sp³-hybridized carbons (Fsp3) is 0.350. The first kappa shape index (κ1) is 19.5. The number of piperazine rings is 1. The topological polar surface area (TPSA) is 53.5 Å². The van der Waals surface area contributed by atoms with Crippen LogP contribution in [0.2, 0.25) is 0 Å². The lowest BCUT2D eigenvalue weighted by atomic mass is 10.1. The SMILES string of the molecule is O=C(CCc1ccc(Br)cc1F)N1CCN(C(=O)Cc2ccccn2)CC1. The Morgan fingerprint density at radius 3 is 2.37 bits per heavy atom. The van der Waals surface area contributed by atoms with Gasteiger partial charge in [-0.1, -0.05) is 28.1 Å². The van der Waals surface area contributed by atoms with Gasteiger partial charge in [0.15, 0.2) is 0 Å². The first-order valence-electron chi connectivity index (χ1n) is 8.92. The summed E-state index contributed by atoms with van der Waals surface area (Å²) in [5, 5.41) is 0. The van der Waals surface area contributed by atoms with Crippen LogP contribution in [0, 0.1) is 5.82 Å². The van der Waals surface area contributed by atoms with E-state index in [-0.39, 0.29) is 30.5 Å². The molecule has 0 unspecified atom stereocenters. The number of carbonyl (C=O) groups is 2. The van der Waals surface area contributed by atoms with Gasteiger partial charge in [-0.3, -0.25) is 14.6 Å². The summed E-state index contributed by atoms with van der Waals surface area (Å²) in [5.41, 5.74) is 1.29. The first-order valence-corrected chi connectivity index (χ1v) is 9.71. The van der Waals surface area contributed by atoms with Crippen LogP contribution in [0.15, 0.2) is 47.1 Å². The van der Waals surface area contributed by atoms with E-state index in [9.17, 15) is 14.0 Å². The zero-order chi connectivity index (χ0) is 19.2. The van der Waals surface area contributed by atoms with Gasteiger partial charge in [0.2, 0.25) is 11.8 Å². The van der Waals surface area contributed by atoms with E-state index >= 15 is 0 Å². The summed E-state index contributed by atoms with van der Waals surface area (Å²) >= 11 is 3.23. The van der Waals surface area contributed by atoms with Crippen LogP contribution in [0.3, 0.4) is 0 Å². The third-order valence-electron chi connectivity index (χ3n) is 4.67. The van der Waals surface area contributed by atoms with Crippen LogP contribution < -0.4 is 0 Å². The molecule has 0 atom stereocenters. The van der Waals surface area contributed by atoms with Gasteiger partial charge in [-0.05, 0) is 36.2 Å². The number of aromatic nitrogens is 1. The van der Waals surface area contributed by atoms with Crippen molar-refractivity contribution in [2.45, 2.75) is 19.3 Å². The number of amides is 2. The third-order valence-corrected chi connectivity index (χ3v) is 5.16. The summed E-state index contributed by atoms with van der Waals surface area (Å²) in [5.74, 6) is -0.283. The highest BCUT2D eigenvalue weighted by Crippen LogP contribution is 2.17. The molecular formula is C20H21BrFN3O2. The Morgan fingerprint density at radius 1 is 1.04 bits per heavy atom. The molecule has 2 amide bonds. The minimum Gasteiger partial charge on any atom is -0.339 e. The minimum atomic E-state index is -0.304. The number of benzene rings is 1. The first-order chi connectivity index (χ1) is 13.0. The van der Waals surface area contributed by atoms with Gasteiger partial charge in [0.1, 0.15) is 5.82 Å². The molecule has 7 heteroatoms. The van der Waals surface area contributed by atoms with E-state index in [1.165, 1.54) is 6.07 Å². The largest absolute Gasteiger partial charge is 0.339 e. The summed E-state index contributed by atoms with van der Waals surface area (Å²) in [7, 11) is 0. The van der Waals surface area contributed by atoms with E-state index in [0.29, 0.717) is 42.6 Å². The van der Waals surface area contributed by atoms with E-state index < -0.39 is 0 Å². The van der Waals surface area contributed by atoms with Crippen LogP contribution in [-0.2, 0) is 22.4 Å². The maximum atomic E-state index is 13.9. The summed E-state index contributed by atoms with van der Waals surface area (Å²) in [4.78, 5) is 32.5. The van der Waals surface area contributed by atoms with Crippen LogP contribution in [0.1, 0.15) is 17.7 Å². The maximum absolute atomic E-state index is 13.9. The van der Waals surface area contributed by atoms with Crippen molar-refractivity contribution in [3.63, 3.8) is 0 Å². The van der Waals surface area contributed by atoms with Gasteiger partial charge in [0.25, 0.3) is 0 Å². The maximum Gasteiger partial charge on any atom is 0.228 e. The standard InChI is InChI=1S/C20H21BrFN3O2/c21-16-6-4-15(18(22)13-16)5-7-19(26)24-9-11-25(12-10-24)20(27)14-17-3-1-2-8-23-17/h1-4,6,8,13H,5,7,9-12,14H2. The van der Waals surface area contributed by atoms with Crippen molar-refractivity contribution in [1.82, 2.24) is 14.8 Å². The second kappa shape index (κ2) is 9.08. The third kappa shape index (κ3) is 5.35. The summed E-state index contributed by atoms with van der Waals surface area (Å²) in [6.45, 7) is 2.05. The van der Waals surface area contributed by atoms with E-state index in [2.05, 4.69) is 20.9 Å². The van der Waals surface area contributed by atoms with Crippen LogP contribution in [0.4, 0.5) is 4.39 Å². The van der Waals surface area contributed by atoms with Crippen molar-refractivity contribution in [1.29, 1.82) is 0 Å². The molecule has 1 aromatic heterocycles. The molecule has 0 spiro atoms. The predicted octanol–water partition coefficient (Wildman–Crippen LogP) is 2.83. The molecule has 3 rings (SSSR count). The zero-order valence-corrected chi connectivity index (χ0v) is 16.5. The van der Waals surface area contributed by atoms with Crippen molar-refractivity contribution in [3.05, 3.63) is 64.1 Å². The van der Waals surface area contributed by atoms with Gasteiger partial charge in [0.05, 0.1) is 6.42 Å². The van der Waals surface area contributed by atoms with Gasteiger partial charge in [-0.15, -0.1) is 0 Å². The van der Waals surface area contributed by atoms with Crippen molar-refractivity contribution in [2.75, 3.05) is 26.2 Å². The Kier molecular flexibility index (Phi) is 6.55. The second-order valence-corrected chi connectivity index (χ2v) is 7.41. The quantitative estimate of drug-likeness (QED) is 0.728. The number of aryl methyl sites for hydroxylation is 1. The van der Waals surface area contributed by atoms with E-state index in [1.807, 2.05) is 18.2 Å². The molecule has 5 nitrogen and oxygen atoms in total. The Balaban J connectivity index is 1.45. The van der Waals surface area contributed by atoms with Gasteiger partial charge in [-0.25, -0.2) is 4.39 Å². The Morgan fingerprint density at radius 2 is 1.74 bits per heavy atom. The normalized spacial score (nSPS) is 14.3. The van der Waals surface area contributed by atoms with Gasteiger partial charge < -0.3 is 9.80 Å². The molecular weight excluding hydrogens is 413 g/mol. The number of carbonyl (C=O) groups excluding carboxylic acids is 2. The van der Waals surface area contributed by atoms with Crippen LogP contribution in [0.5, 0.6) is 0 Å². The fourth-order valence-electron chi connectivity index (χ4n) is 3.10. The van der Waals surface area contributed by atoms with Gasteiger partial charge in [-0.2, -0.15) is 0 Å². The van der Waals surface area contributed by atoms with E-state index in [0.717, 1.165) is 5.69 Å². The van der Waals surface area contributed by atoms with Crippen molar-refractivity contribution >= 4 is 27.7 Å². The monoisotopic (exact) mass is 433 g/mol. The van der Waals surface area contributed by atoms with E-state index in [4.69, 9.17) is 0 Å². The average molecular weight is 434 g/mol. The molecule has 1 aliphatic rings. The smallest absolute Gasteiger partial charge is 0.228 e. The number of hydrogen-bond donors (Lipinski definition) is 0. The minimum absolute atomic E-state index is 0.00542. The zero-order valence-electron chi connectivity index (χ0n) is 14.9.